The van der Waals surface area contributed by atoms with E-state index in [2.05, 4.69) is 5.32 Å². The third kappa shape index (κ3) is 5.30. The molecule has 4 rings (SSSR count). The minimum atomic E-state index is -1.28. The largest absolute Gasteiger partial charge is 0.393 e. The number of rotatable bonds is 6. The number of hydrogen-bond donors (Lipinski definition) is 3. The average Bonchev–Trinajstić information content (AvgIpc) is 2.76. The molecule has 2 fully saturated rings. The number of nitrogens with zero attached hydrogens (tertiary/aromatic N) is 1. The van der Waals surface area contributed by atoms with E-state index in [1.165, 1.54) is 17.0 Å². The topological polar surface area (TPSA) is 72.8 Å². The highest BCUT2D eigenvalue weighted by Gasteiger charge is 2.44. The van der Waals surface area contributed by atoms with Crippen LogP contribution in [0.3, 0.4) is 0 Å². The molecule has 1 saturated carbocycles. The van der Waals surface area contributed by atoms with Crippen LogP contribution in [0.25, 0.3) is 0 Å². The monoisotopic (exact) mass is 574 g/mol. The van der Waals surface area contributed by atoms with Gasteiger partial charge in [-0.2, -0.15) is 0 Å². The van der Waals surface area contributed by atoms with Crippen LogP contribution in [0.1, 0.15) is 48.9 Å². The van der Waals surface area contributed by atoms with Crippen LogP contribution in [0.4, 0.5) is 24.5 Å². The van der Waals surface area contributed by atoms with Gasteiger partial charge in [-0.1, -0.05) is 12.8 Å². The fourth-order valence-electron chi connectivity index (χ4n) is 4.69. The van der Waals surface area contributed by atoms with Crippen LogP contribution in [-0.2, 0) is 0 Å². The van der Waals surface area contributed by atoms with E-state index in [-0.39, 0.29) is 36.4 Å². The lowest BCUT2D eigenvalue weighted by molar-refractivity contribution is -0.0921. The summed E-state index contributed by atoms with van der Waals surface area (Å²) in [5, 5.41) is 23.4. The Bertz CT molecular complexity index is 1050. The molecule has 0 unspecified atom stereocenters. The van der Waals surface area contributed by atoms with Crippen molar-refractivity contribution in [1.82, 2.24) is 4.90 Å². The predicted octanol–water partition coefficient (Wildman–Crippen LogP) is 4.97. The maximum Gasteiger partial charge on any atom is 0.256 e. The summed E-state index contributed by atoms with van der Waals surface area (Å²) in [6.45, 7) is 0.121. The summed E-state index contributed by atoms with van der Waals surface area (Å²) in [4.78, 5) is 14.4. The van der Waals surface area contributed by atoms with E-state index in [0.29, 0.717) is 16.4 Å². The molecule has 33 heavy (non-hydrogen) atoms. The van der Waals surface area contributed by atoms with Gasteiger partial charge in [-0.15, -0.1) is 0 Å². The molecule has 2 atom stereocenters. The number of carbonyl (C=O) groups is 1. The molecule has 1 saturated heterocycles. The number of benzene rings is 2. The van der Waals surface area contributed by atoms with Crippen molar-refractivity contribution in [1.29, 1.82) is 0 Å². The number of likely N-dealkylation sites (tertiary alicyclic amines) is 1. The number of aliphatic hydroxyl groups excluding tert-OH is 1. The van der Waals surface area contributed by atoms with Gasteiger partial charge in [-0.25, -0.2) is 13.2 Å². The Morgan fingerprint density at radius 1 is 1.12 bits per heavy atom. The molecule has 0 bridgehead atoms. The highest BCUT2D eigenvalue weighted by molar-refractivity contribution is 14.1. The number of amides is 1. The Balaban J connectivity index is 1.46. The molecular formula is C24H26F3IN2O3. The predicted molar refractivity (Wildman–Crippen MR) is 127 cm³/mol. The second kappa shape index (κ2) is 9.79. The van der Waals surface area contributed by atoms with Gasteiger partial charge in [0, 0.05) is 3.57 Å². The van der Waals surface area contributed by atoms with E-state index in [9.17, 15) is 28.2 Å². The maximum atomic E-state index is 14.6. The van der Waals surface area contributed by atoms with Crippen LogP contribution < -0.4 is 5.32 Å². The standard InChI is InChI=1S/C24H26F3IN2O3/c25-17-7-6-16(22(21(17)27)29-19-8-5-15(28)11-18(19)26)23(32)30-12-24(33,13-30)10-9-14-3-1-2-4-20(14)31/h5-8,11,14,20,29,31,33H,1-4,9-10,12-13H2/t14-,20+/m1/s1. The molecule has 2 aromatic carbocycles. The third-order valence-electron chi connectivity index (χ3n) is 6.62. The lowest BCUT2D eigenvalue weighted by Crippen LogP contribution is -2.63. The number of carbonyl (C=O) groups excluding carboxylic acids is 1. The highest BCUT2D eigenvalue weighted by Crippen LogP contribution is 2.35. The summed E-state index contributed by atoms with van der Waals surface area (Å²) < 4.78 is 43.4. The summed E-state index contributed by atoms with van der Waals surface area (Å²) in [5.74, 6) is -3.53. The molecule has 9 heteroatoms. The van der Waals surface area contributed by atoms with Crippen LogP contribution in [0, 0.1) is 26.9 Å². The van der Waals surface area contributed by atoms with Crippen LogP contribution in [0.15, 0.2) is 30.3 Å². The second-order valence-corrected chi connectivity index (χ2v) is 10.3. The van der Waals surface area contributed by atoms with Gasteiger partial charge in [0.15, 0.2) is 11.6 Å². The minimum absolute atomic E-state index is 0.0605. The van der Waals surface area contributed by atoms with Crippen molar-refractivity contribution in [2.45, 2.75) is 50.2 Å². The SMILES string of the molecule is O=C(c1ccc(F)c(F)c1Nc1ccc(I)cc1F)N1CC(O)(CC[C@H]2CCCC[C@@H]2O)C1. The van der Waals surface area contributed by atoms with Crippen molar-refractivity contribution < 1.29 is 28.2 Å². The summed E-state index contributed by atoms with van der Waals surface area (Å²) in [5.41, 5.74) is -1.74. The number of aliphatic hydroxyl groups is 2. The van der Waals surface area contributed by atoms with E-state index < -0.39 is 34.6 Å². The molecule has 3 N–H and O–H groups in total. The highest BCUT2D eigenvalue weighted by atomic mass is 127. The zero-order valence-corrected chi connectivity index (χ0v) is 20.1. The van der Waals surface area contributed by atoms with Crippen LogP contribution in [0.2, 0.25) is 0 Å². The van der Waals surface area contributed by atoms with Gasteiger partial charge < -0.3 is 20.4 Å². The zero-order valence-electron chi connectivity index (χ0n) is 18.0. The molecule has 1 aliphatic carbocycles. The molecule has 178 valence electrons. The van der Waals surface area contributed by atoms with Gasteiger partial charge in [0.2, 0.25) is 0 Å². The summed E-state index contributed by atoms with van der Waals surface area (Å²) >= 11 is 1.93. The fourth-order valence-corrected chi connectivity index (χ4v) is 5.14. The number of halogens is 4. The number of nitrogens with one attached hydrogen (secondary N) is 1. The number of β-amino-alcohol motifs (C(OH)–C–C–N with tert-alkyl or cyclic N) is 1. The van der Waals surface area contributed by atoms with E-state index in [0.717, 1.165) is 37.8 Å². The molecule has 2 aliphatic rings. The van der Waals surface area contributed by atoms with E-state index in [4.69, 9.17) is 0 Å². The first-order valence-corrected chi connectivity index (χ1v) is 12.1. The molecule has 0 aromatic heterocycles. The van der Waals surface area contributed by atoms with Crippen molar-refractivity contribution in [3.8, 4) is 0 Å². The van der Waals surface area contributed by atoms with Crippen LogP contribution >= 0.6 is 22.6 Å². The van der Waals surface area contributed by atoms with E-state index in [1.54, 1.807) is 6.07 Å². The Hall–Kier alpha value is -1.85. The van der Waals surface area contributed by atoms with Gasteiger partial charge in [0.1, 0.15) is 5.82 Å². The lowest BCUT2D eigenvalue weighted by atomic mass is 9.79. The maximum absolute atomic E-state index is 14.6. The average molecular weight is 574 g/mol. The van der Waals surface area contributed by atoms with Gasteiger partial charge >= 0.3 is 0 Å². The summed E-state index contributed by atoms with van der Waals surface area (Å²) in [6.07, 6.45) is 4.56. The number of anilines is 2. The quantitative estimate of drug-likeness (QED) is 0.427. The molecule has 2 aromatic rings. The molecule has 0 radical (unpaired) electrons. The van der Waals surface area contributed by atoms with Crippen molar-refractivity contribution in [2.24, 2.45) is 5.92 Å². The van der Waals surface area contributed by atoms with Crippen LogP contribution in [0.5, 0.6) is 0 Å². The smallest absolute Gasteiger partial charge is 0.256 e. The first-order valence-electron chi connectivity index (χ1n) is 11.1. The van der Waals surface area contributed by atoms with Gasteiger partial charge in [-0.05, 0) is 84.5 Å². The Morgan fingerprint density at radius 3 is 2.55 bits per heavy atom. The molecular weight excluding hydrogens is 548 g/mol. The van der Waals surface area contributed by atoms with E-state index in [1.807, 2.05) is 22.6 Å². The lowest BCUT2D eigenvalue weighted by Gasteiger charge is -2.47. The van der Waals surface area contributed by atoms with Gasteiger partial charge in [0.25, 0.3) is 5.91 Å². The molecule has 1 amide bonds. The first kappa shape index (κ1) is 24.3. The summed E-state index contributed by atoms with van der Waals surface area (Å²) in [6, 6.07) is 6.24. The van der Waals surface area contributed by atoms with Crippen molar-refractivity contribution in [3.05, 3.63) is 56.9 Å². The fraction of sp³-hybridized carbons (Fsp3) is 0.458. The van der Waals surface area contributed by atoms with E-state index >= 15 is 0 Å². The minimum Gasteiger partial charge on any atom is -0.393 e. The van der Waals surface area contributed by atoms with Crippen LogP contribution in [-0.4, -0.2) is 45.8 Å². The third-order valence-corrected chi connectivity index (χ3v) is 7.29. The van der Waals surface area contributed by atoms with Gasteiger partial charge in [0.05, 0.1) is 41.7 Å². The van der Waals surface area contributed by atoms with Crippen molar-refractivity contribution in [3.63, 3.8) is 0 Å². The van der Waals surface area contributed by atoms with Crippen molar-refractivity contribution >= 4 is 39.9 Å². The molecule has 1 heterocycles. The molecule has 1 aliphatic heterocycles. The Labute approximate surface area is 204 Å². The normalized spacial score (nSPS) is 22.1. The first-order chi connectivity index (χ1) is 15.7. The van der Waals surface area contributed by atoms with Gasteiger partial charge in [-0.3, -0.25) is 4.79 Å². The Kier molecular flexibility index (Phi) is 7.20. The zero-order chi connectivity index (χ0) is 23.8. The molecule has 5 nitrogen and oxygen atoms in total. The molecule has 0 spiro atoms. The Morgan fingerprint density at radius 2 is 1.85 bits per heavy atom. The van der Waals surface area contributed by atoms with Crippen molar-refractivity contribution in [2.75, 3.05) is 18.4 Å². The second-order valence-electron chi connectivity index (χ2n) is 9.07. The summed E-state index contributed by atoms with van der Waals surface area (Å²) in [7, 11) is 0. The number of hydrogen-bond acceptors (Lipinski definition) is 4.